The Balaban J connectivity index is 2.08. The highest BCUT2D eigenvalue weighted by Gasteiger charge is 2.09. The SMILES string of the molecule is COc1ccc(C=O)cc1Cn1cc(Br)c2ccccc21. The molecule has 1 aromatic heterocycles. The number of carbonyl (C=O) groups is 1. The third-order valence-corrected chi connectivity index (χ3v) is 4.15. The maximum Gasteiger partial charge on any atom is 0.150 e. The van der Waals surface area contributed by atoms with E-state index in [-0.39, 0.29) is 0 Å². The first-order valence-corrected chi connectivity index (χ1v) is 7.37. The van der Waals surface area contributed by atoms with Crippen LogP contribution in [0.25, 0.3) is 10.9 Å². The molecular formula is C17H14BrNO2. The summed E-state index contributed by atoms with van der Waals surface area (Å²) in [5.74, 6) is 0.787. The Bertz CT molecular complexity index is 808. The molecule has 1 heterocycles. The van der Waals surface area contributed by atoms with Crippen molar-refractivity contribution in [1.82, 2.24) is 4.57 Å². The summed E-state index contributed by atoms with van der Waals surface area (Å²) in [7, 11) is 1.64. The van der Waals surface area contributed by atoms with Crippen LogP contribution in [0, 0.1) is 0 Å². The Hall–Kier alpha value is -2.07. The number of nitrogens with zero attached hydrogens (tertiary/aromatic N) is 1. The molecule has 0 fully saturated rings. The Morgan fingerprint density at radius 3 is 2.81 bits per heavy atom. The number of rotatable bonds is 4. The molecule has 4 heteroatoms. The van der Waals surface area contributed by atoms with Crippen LogP contribution >= 0.6 is 15.9 Å². The number of benzene rings is 2. The number of methoxy groups -OCH3 is 1. The van der Waals surface area contributed by atoms with Gasteiger partial charge < -0.3 is 9.30 Å². The van der Waals surface area contributed by atoms with Crippen molar-refractivity contribution >= 4 is 33.1 Å². The van der Waals surface area contributed by atoms with Crippen LogP contribution in [0.15, 0.2) is 53.1 Å². The van der Waals surface area contributed by atoms with Crippen LogP contribution < -0.4 is 4.74 Å². The van der Waals surface area contributed by atoms with E-state index in [0.717, 1.165) is 27.6 Å². The quantitative estimate of drug-likeness (QED) is 0.662. The zero-order valence-electron chi connectivity index (χ0n) is 11.5. The van der Waals surface area contributed by atoms with Gasteiger partial charge in [0.15, 0.2) is 0 Å². The summed E-state index contributed by atoms with van der Waals surface area (Å²) in [5.41, 5.74) is 2.78. The predicted octanol–water partition coefficient (Wildman–Crippen LogP) is 4.27. The largest absolute Gasteiger partial charge is 0.496 e. The van der Waals surface area contributed by atoms with Gasteiger partial charge in [0.05, 0.1) is 13.7 Å². The molecule has 0 aliphatic rings. The predicted molar refractivity (Wildman–Crippen MR) is 87.1 cm³/mol. The number of hydrogen-bond acceptors (Lipinski definition) is 2. The molecule has 0 atom stereocenters. The third kappa shape index (κ3) is 2.59. The first-order valence-electron chi connectivity index (χ1n) is 6.58. The topological polar surface area (TPSA) is 31.2 Å². The molecule has 0 aliphatic heterocycles. The van der Waals surface area contributed by atoms with Gasteiger partial charge in [0.2, 0.25) is 0 Å². The van der Waals surface area contributed by atoms with Crippen LogP contribution in [0.4, 0.5) is 0 Å². The van der Waals surface area contributed by atoms with Gasteiger partial charge in [0.1, 0.15) is 12.0 Å². The van der Waals surface area contributed by atoms with E-state index in [2.05, 4.69) is 38.8 Å². The lowest BCUT2D eigenvalue weighted by atomic mass is 10.1. The number of hydrogen-bond donors (Lipinski definition) is 0. The third-order valence-electron chi connectivity index (χ3n) is 3.52. The van der Waals surface area contributed by atoms with Crippen molar-refractivity contribution < 1.29 is 9.53 Å². The van der Waals surface area contributed by atoms with Crippen molar-refractivity contribution in [3.8, 4) is 5.75 Å². The molecular weight excluding hydrogens is 330 g/mol. The molecule has 3 aromatic rings. The molecule has 2 aromatic carbocycles. The van der Waals surface area contributed by atoms with E-state index >= 15 is 0 Å². The fourth-order valence-corrected chi connectivity index (χ4v) is 3.09. The molecule has 3 nitrogen and oxygen atoms in total. The minimum atomic E-state index is 0.650. The number of fused-ring (bicyclic) bond motifs is 1. The number of ether oxygens (including phenoxy) is 1. The van der Waals surface area contributed by atoms with Crippen molar-refractivity contribution in [3.05, 3.63) is 64.3 Å². The zero-order valence-corrected chi connectivity index (χ0v) is 13.1. The van der Waals surface area contributed by atoms with E-state index in [4.69, 9.17) is 4.74 Å². The standard InChI is InChI=1S/C17H14BrNO2/c1-21-17-7-6-12(11-20)8-13(17)9-19-10-15(18)14-4-2-3-5-16(14)19/h2-8,10-11H,9H2,1H3. The van der Waals surface area contributed by atoms with Crippen LogP contribution in [0.5, 0.6) is 5.75 Å². The lowest BCUT2D eigenvalue weighted by molar-refractivity contribution is 0.112. The molecule has 0 aliphatic carbocycles. The van der Waals surface area contributed by atoms with Crippen LogP contribution in [-0.4, -0.2) is 18.0 Å². The summed E-state index contributed by atoms with van der Waals surface area (Å²) in [5, 5.41) is 1.17. The number of halogens is 1. The molecule has 0 N–H and O–H groups in total. The number of aromatic nitrogens is 1. The molecule has 0 bridgehead atoms. The average Bonchev–Trinajstić information content (AvgIpc) is 2.84. The first-order chi connectivity index (χ1) is 10.2. The van der Waals surface area contributed by atoms with Crippen LogP contribution in [0.3, 0.4) is 0 Å². The van der Waals surface area contributed by atoms with E-state index in [0.29, 0.717) is 12.1 Å². The van der Waals surface area contributed by atoms with Crippen molar-refractivity contribution in [2.24, 2.45) is 0 Å². The van der Waals surface area contributed by atoms with Crippen molar-refractivity contribution in [2.45, 2.75) is 6.54 Å². The Kier molecular flexibility index (Phi) is 3.80. The van der Waals surface area contributed by atoms with Gasteiger partial charge in [-0.1, -0.05) is 18.2 Å². The van der Waals surface area contributed by atoms with Crippen LogP contribution in [0.1, 0.15) is 15.9 Å². The molecule has 21 heavy (non-hydrogen) atoms. The fraction of sp³-hybridized carbons (Fsp3) is 0.118. The Morgan fingerprint density at radius 1 is 1.24 bits per heavy atom. The zero-order chi connectivity index (χ0) is 14.8. The second-order valence-corrected chi connectivity index (χ2v) is 5.67. The maximum atomic E-state index is 11.0. The summed E-state index contributed by atoms with van der Waals surface area (Å²) in [6, 6.07) is 13.7. The van der Waals surface area contributed by atoms with E-state index in [1.54, 1.807) is 13.2 Å². The monoisotopic (exact) mass is 343 g/mol. The average molecular weight is 344 g/mol. The highest BCUT2D eigenvalue weighted by Crippen LogP contribution is 2.28. The van der Waals surface area contributed by atoms with Crippen LogP contribution in [-0.2, 0) is 6.54 Å². The normalized spacial score (nSPS) is 10.8. The van der Waals surface area contributed by atoms with Gasteiger partial charge in [0.25, 0.3) is 0 Å². The molecule has 0 saturated heterocycles. The molecule has 0 saturated carbocycles. The fourth-order valence-electron chi connectivity index (χ4n) is 2.51. The Labute approximate surface area is 131 Å². The summed E-state index contributed by atoms with van der Waals surface area (Å²) >= 11 is 3.59. The highest BCUT2D eigenvalue weighted by molar-refractivity contribution is 9.10. The highest BCUT2D eigenvalue weighted by atomic mass is 79.9. The summed E-state index contributed by atoms with van der Waals surface area (Å²) in [6.07, 6.45) is 2.91. The number of para-hydroxylation sites is 1. The van der Waals surface area contributed by atoms with Gasteiger partial charge in [-0.3, -0.25) is 4.79 Å². The van der Waals surface area contributed by atoms with Gasteiger partial charge >= 0.3 is 0 Å². The Morgan fingerprint density at radius 2 is 2.05 bits per heavy atom. The van der Waals surface area contributed by atoms with Crippen molar-refractivity contribution in [1.29, 1.82) is 0 Å². The second-order valence-electron chi connectivity index (χ2n) is 4.81. The minimum Gasteiger partial charge on any atom is -0.496 e. The van der Waals surface area contributed by atoms with E-state index in [1.165, 1.54) is 5.39 Å². The first kappa shape index (κ1) is 13.9. The van der Waals surface area contributed by atoms with E-state index in [9.17, 15) is 4.79 Å². The summed E-state index contributed by atoms with van der Waals surface area (Å²) in [4.78, 5) is 11.0. The van der Waals surface area contributed by atoms with E-state index in [1.807, 2.05) is 24.3 Å². The van der Waals surface area contributed by atoms with E-state index < -0.39 is 0 Å². The molecule has 0 unspecified atom stereocenters. The van der Waals surface area contributed by atoms with Gasteiger partial charge in [-0.25, -0.2) is 0 Å². The summed E-state index contributed by atoms with van der Waals surface area (Å²) < 4.78 is 8.60. The maximum absolute atomic E-state index is 11.0. The van der Waals surface area contributed by atoms with Crippen molar-refractivity contribution in [3.63, 3.8) is 0 Å². The number of aldehydes is 1. The smallest absolute Gasteiger partial charge is 0.150 e. The number of carbonyl (C=O) groups excluding carboxylic acids is 1. The van der Waals surface area contributed by atoms with Crippen LogP contribution in [0.2, 0.25) is 0 Å². The molecule has 0 radical (unpaired) electrons. The van der Waals surface area contributed by atoms with Gasteiger partial charge in [-0.2, -0.15) is 0 Å². The van der Waals surface area contributed by atoms with Crippen molar-refractivity contribution in [2.75, 3.05) is 7.11 Å². The lowest BCUT2D eigenvalue weighted by Gasteiger charge is -2.11. The van der Waals surface area contributed by atoms with Gasteiger partial charge in [-0.05, 0) is 40.2 Å². The molecule has 0 amide bonds. The van der Waals surface area contributed by atoms with Gasteiger partial charge in [0, 0.05) is 32.7 Å². The molecule has 106 valence electrons. The molecule has 3 rings (SSSR count). The summed E-state index contributed by atoms with van der Waals surface area (Å²) in [6.45, 7) is 0.650. The minimum absolute atomic E-state index is 0.650. The second kappa shape index (κ2) is 5.74. The van der Waals surface area contributed by atoms with Gasteiger partial charge in [-0.15, -0.1) is 0 Å². The molecule has 0 spiro atoms. The lowest BCUT2D eigenvalue weighted by Crippen LogP contribution is -2.01.